The topological polar surface area (TPSA) is 78.5 Å². The van der Waals surface area contributed by atoms with E-state index in [1.165, 1.54) is 0 Å². The summed E-state index contributed by atoms with van der Waals surface area (Å²) in [6.45, 7) is 3.93. The van der Waals surface area contributed by atoms with Gasteiger partial charge < -0.3 is 15.5 Å². The fraction of sp³-hybridized carbons (Fsp3) is 0.389. The second-order valence-electron chi connectivity index (χ2n) is 6.17. The first-order chi connectivity index (χ1) is 11.6. The fourth-order valence-corrected chi connectivity index (χ4v) is 2.95. The molecule has 24 heavy (non-hydrogen) atoms. The Balaban J connectivity index is 1.52. The lowest BCUT2D eigenvalue weighted by atomic mass is 10.1. The van der Waals surface area contributed by atoms with Crippen LogP contribution < -0.4 is 26.4 Å². The van der Waals surface area contributed by atoms with E-state index in [9.17, 15) is 14.4 Å². The molecule has 0 radical (unpaired) electrons. The van der Waals surface area contributed by atoms with Crippen LogP contribution >= 0.6 is 0 Å². The molecule has 0 aliphatic carbocycles. The van der Waals surface area contributed by atoms with Crippen molar-refractivity contribution in [3.63, 3.8) is 0 Å². The highest BCUT2D eigenvalue weighted by Gasteiger charge is 2.27. The van der Waals surface area contributed by atoms with Crippen molar-refractivity contribution in [1.82, 2.24) is 0 Å². The lowest BCUT2D eigenvalue weighted by Gasteiger charge is -2.22. The average molecular weight is 327 g/mol. The van der Waals surface area contributed by atoms with Gasteiger partial charge in [-0.25, -0.2) is 0 Å². The van der Waals surface area contributed by atoms with Crippen LogP contribution in [-0.4, -0.2) is 25.5 Å². The Morgan fingerprint density at radius 2 is 1.75 bits per heavy atom. The third kappa shape index (κ3) is 3.32. The van der Waals surface area contributed by atoms with Crippen LogP contribution in [-0.2, 0) is 4.79 Å². The van der Waals surface area contributed by atoms with Gasteiger partial charge in [0.15, 0.2) is 0 Å². The first-order valence-electron chi connectivity index (χ1n) is 8.25. The maximum Gasteiger partial charge on any atom is 0.253 e. The predicted molar refractivity (Wildman–Crippen MR) is 95.7 cm³/mol. The van der Waals surface area contributed by atoms with Crippen molar-refractivity contribution in [2.45, 2.75) is 26.2 Å². The monoisotopic (exact) mass is 327 g/mol. The van der Waals surface area contributed by atoms with Gasteiger partial charge in [-0.2, -0.15) is 0 Å². The SMILES string of the molecule is Cc1ccc(NC(=O)CCNc2c(N3CCCC3)c(=O)c2=O)cc1. The van der Waals surface area contributed by atoms with Gasteiger partial charge in [-0.05, 0) is 31.9 Å². The molecule has 1 fully saturated rings. The van der Waals surface area contributed by atoms with Gasteiger partial charge in [0.1, 0.15) is 11.4 Å². The van der Waals surface area contributed by atoms with Crippen LogP contribution in [0.4, 0.5) is 17.1 Å². The molecule has 2 aromatic rings. The summed E-state index contributed by atoms with van der Waals surface area (Å²) in [5.74, 6) is -0.132. The zero-order valence-electron chi connectivity index (χ0n) is 13.7. The molecule has 0 spiro atoms. The van der Waals surface area contributed by atoms with E-state index in [2.05, 4.69) is 10.6 Å². The molecule has 3 rings (SSSR count). The third-order valence-electron chi connectivity index (χ3n) is 4.30. The molecule has 0 saturated carbocycles. The minimum Gasteiger partial charge on any atom is -0.379 e. The Hall–Kier alpha value is -2.63. The average Bonchev–Trinajstić information content (AvgIpc) is 3.09. The van der Waals surface area contributed by atoms with Gasteiger partial charge in [-0.1, -0.05) is 17.7 Å². The summed E-state index contributed by atoms with van der Waals surface area (Å²) in [4.78, 5) is 37.4. The molecule has 2 aromatic carbocycles. The zero-order valence-corrected chi connectivity index (χ0v) is 13.7. The highest BCUT2D eigenvalue weighted by molar-refractivity contribution is 5.91. The van der Waals surface area contributed by atoms with Gasteiger partial charge in [0, 0.05) is 31.7 Å². The van der Waals surface area contributed by atoms with Crippen LogP contribution in [0.3, 0.4) is 0 Å². The minimum atomic E-state index is -0.476. The summed E-state index contributed by atoms with van der Waals surface area (Å²) < 4.78 is 0. The fourth-order valence-electron chi connectivity index (χ4n) is 2.95. The van der Waals surface area contributed by atoms with Gasteiger partial charge in [0.2, 0.25) is 5.91 Å². The van der Waals surface area contributed by atoms with Crippen LogP contribution in [0.15, 0.2) is 33.9 Å². The van der Waals surface area contributed by atoms with Crippen molar-refractivity contribution in [3.8, 4) is 0 Å². The summed E-state index contributed by atoms with van der Waals surface area (Å²) in [7, 11) is 0. The van der Waals surface area contributed by atoms with E-state index >= 15 is 0 Å². The highest BCUT2D eigenvalue weighted by Crippen LogP contribution is 2.24. The molecule has 1 aliphatic rings. The quantitative estimate of drug-likeness (QED) is 0.789. The van der Waals surface area contributed by atoms with Crippen LogP contribution in [0.5, 0.6) is 0 Å². The third-order valence-corrected chi connectivity index (χ3v) is 4.30. The van der Waals surface area contributed by atoms with Gasteiger partial charge in [-0.15, -0.1) is 0 Å². The molecule has 0 unspecified atom stereocenters. The van der Waals surface area contributed by atoms with Crippen molar-refractivity contribution in [2.75, 3.05) is 35.2 Å². The van der Waals surface area contributed by atoms with E-state index in [0.29, 0.717) is 17.9 Å². The van der Waals surface area contributed by atoms with Gasteiger partial charge in [-0.3, -0.25) is 14.4 Å². The Morgan fingerprint density at radius 1 is 1.08 bits per heavy atom. The summed E-state index contributed by atoms with van der Waals surface area (Å²) in [6.07, 6.45) is 2.31. The Kier molecular flexibility index (Phi) is 4.64. The minimum absolute atomic E-state index is 0.132. The number of carbonyl (C=O) groups excluding carboxylic acids is 1. The van der Waals surface area contributed by atoms with E-state index < -0.39 is 10.9 Å². The van der Waals surface area contributed by atoms with E-state index in [4.69, 9.17) is 0 Å². The number of benzene rings is 1. The summed E-state index contributed by atoms with van der Waals surface area (Å²) in [6, 6.07) is 7.56. The van der Waals surface area contributed by atoms with Crippen molar-refractivity contribution >= 4 is 23.0 Å². The zero-order chi connectivity index (χ0) is 17.1. The molecule has 126 valence electrons. The lowest BCUT2D eigenvalue weighted by Crippen LogP contribution is -2.42. The van der Waals surface area contributed by atoms with Gasteiger partial charge >= 0.3 is 0 Å². The molecule has 1 aliphatic heterocycles. The van der Waals surface area contributed by atoms with Crippen LogP contribution in [0.1, 0.15) is 24.8 Å². The number of anilines is 3. The number of nitrogens with zero attached hydrogens (tertiary/aromatic N) is 1. The standard InChI is InChI=1S/C18H21N3O3/c1-12-4-6-13(7-5-12)20-14(22)8-9-19-15-16(18(24)17(15)23)21-10-2-3-11-21/h4-7,19H,2-3,8-11H2,1H3,(H,20,22). The van der Waals surface area contributed by atoms with Crippen molar-refractivity contribution < 1.29 is 4.79 Å². The maximum absolute atomic E-state index is 11.9. The summed E-state index contributed by atoms with van der Waals surface area (Å²) in [5, 5.41) is 5.77. The molecule has 2 N–H and O–H groups in total. The summed E-state index contributed by atoms with van der Waals surface area (Å²) >= 11 is 0. The molecule has 6 nitrogen and oxygen atoms in total. The first-order valence-corrected chi connectivity index (χ1v) is 8.25. The Bertz CT molecular complexity index is 798. The Labute approximate surface area is 140 Å². The van der Waals surface area contributed by atoms with E-state index in [-0.39, 0.29) is 12.3 Å². The normalized spacial score (nSPS) is 14.1. The number of hydrogen-bond donors (Lipinski definition) is 2. The van der Waals surface area contributed by atoms with Crippen molar-refractivity contribution in [3.05, 3.63) is 50.3 Å². The van der Waals surface area contributed by atoms with Crippen LogP contribution in [0, 0.1) is 6.92 Å². The predicted octanol–water partition coefficient (Wildman–Crippen LogP) is 1.63. The largest absolute Gasteiger partial charge is 0.379 e. The number of amides is 1. The molecule has 0 aromatic heterocycles. The summed E-state index contributed by atoms with van der Waals surface area (Å²) in [5.41, 5.74) is 1.85. The van der Waals surface area contributed by atoms with Gasteiger partial charge in [0.25, 0.3) is 10.9 Å². The smallest absolute Gasteiger partial charge is 0.253 e. The lowest BCUT2D eigenvalue weighted by molar-refractivity contribution is -0.115. The van der Waals surface area contributed by atoms with E-state index in [1.54, 1.807) is 0 Å². The molecule has 0 atom stereocenters. The molecule has 1 amide bonds. The Morgan fingerprint density at radius 3 is 2.42 bits per heavy atom. The number of rotatable bonds is 6. The van der Waals surface area contributed by atoms with E-state index in [1.807, 2.05) is 36.1 Å². The first kappa shape index (κ1) is 16.2. The molecule has 1 heterocycles. The highest BCUT2D eigenvalue weighted by atomic mass is 16.2. The molecular weight excluding hydrogens is 306 g/mol. The van der Waals surface area contributed by atoms with E-state index in [0.717, 1.165) is 37.2 Å². The molecule has 0 bridgehead atoms. The maximum atomic E-state index is 11.9. The van der Waals surface area contributed by atoms with Crippen molar-refractivity contribution in [2.24, 2.45) is 0 Å². The van der Waals surface area contributed by atoms with Crippen LogP contribution in [0.2, 0.25) is 0 Å². The number of nitrogens with one attached hydrogen (secondary N) is 2. The van der Waals surface area contributed by atoms with Crippen LogP contribution in [0.25, 0.3) is 0 Å². The number of carbonyl (C=O) groups is 1. The number of hydrogen-bond acceptors (Lipinski definition) is 5. The number of aryl methyl sites for hydroxylation is 1. The van der Waals surface area contributed by atoms with Gasteiger partial charge in [0.05, 0.1) is 0 Å². The molecule has 1 saturated heterocycles. The molecular formula is C18H21N3O3. The second kappa shape index (κ2) is 6.86. The second-order valence-corrected chi connectivity index (χ2v) is 6.17. The van der Waals surface area contributed by atoms with Crippen molar-refractivity contribution in [1.29, 1.82) is 0 Å². The molecule has 6 heteroatoms.